The van der Waals surface area contributed by atoms with Crippen molar-refractivity contribution in [2.45, 2.75) is 37.6 Å². The SMILES string of the molecule is CN(C)C(=O)c1cnc(-c2cc3ncc(C4CC4)c(-c4ccc(NC5CCOCC5)c(C#N)c4)c3o2)c(O)c1. The summed E-state index contributed by atoms with van der Waals surface area (Å²) in [6, 6.07) is 11.7. The average Bonchev–Trinajstić information content (AvgIpc) is 3.71. The molecule has 2 aliphatic rings. The number of nitriles is 1. The molecule has 3 aromatic heterocycles. The minimum atomic E-state index is -0.255. The number of nitrogens with one attached hydrogen (secondary N) is 1. The van der Waals surface area contributed by atoms with Gasteiger partial charge in [0, 0.05) is 57.4 Å². The van der Waals surface area contributed by atoms with Gasteiger partial charge >= 0.3 is 0 Å². The molecule has 9 heteroatoms. The van der Waals surface area contributed by atoms with Crippen LogP contribution in [0, 0.1) is 11.3 Å². The Morgan fingerprint density at radius 2 is 1.90 bits per heavy atom. The van der Waals surface area contributed by atoms with Crippen molar-refractivity contribution in [2.75, 3.05) is 32.6 Å². The molecule has 1 saturated carbocycles. The van der Waals surface area contributed by atoms with Gasteiger partial charge in [0.05, 0.1) is 16.8 Å². The predicted octanol–water partition coefficient (Wildman–Crippen LogP) is 5.30. The fraction of sp³-hybridized carbons (Fsp3) is 0.333. The van der Waals surface area contributed by atoms with E-state index in [1.807, 2.05) is 24.4 Å². The second-order valence-electron chi connectivity index (χ2n) is 10.4. The molecule has 4 heterocycles. The lowest BCUT2D eigenvalue weighted by atomic mass is 9.95. The number of furan rings is 1. The molecule has 0 spiro atoms. The number of nitrogens with zero attached hydrogens (tertiary/aromatic N) is 4. The third kappa shape index (κ3) is 4.79. The van der Waals surface area contributed by atoms with E-state index in [9.17, 15) is 15.2 Å². The number of pyridine rings is 2. The molecule has 2 N–H and O–H groups in total. The number of carbonyl (C=O) groups is 1. The number of hydrogen-bond donors (Lipinski definition) is 2. The van der Waals surface area contributed by atoms with Crippen molar-refractivity contribution in [3.63, 3.8) is 0 Å². The van der Waals surface area contributed by atoms with Crippen LogP contribution >= 0.6 is 0 Å². The summed E-state index contributed by atoms with van der Waals surface area (Å²) in [5.41, 5.74) is 5.97. The molecular formula is C30H29N5O4. The van der Waals surface area contributed by atoms with E-state index in [1.54, 1.807) is 20.2 Å². The smallest absolute Gasteiger partial charge is 0.255 e. The molecule has 0 radical (unpaired) electrons. The molecule has 198 valence electrons. The number of hydrogen-bond acceptors (Lipinski definition) is 8. The summed E-state index contributed by atoms with van der Waals surface area (Å²) < 4.78 is 11.8. The Hall–Kier alpha value is -4.42. The van der Waals surface area contributed by atoms with Gasteiger partial charge in [-0.25, -0.2) is 4.98 Å². The summed E-state index contributed by atoms with van der Waals surface area (Å²) in [4.78, 5) is 22.7. The normalized spacial score (nSPS) is 15.7. The van der Waals surface area contributed by atoms with Gasteiger partial charge in [-0.1, -0.05) is 6.07 Å². The summed E-state index contributed by atoms with van der Waals surface area (Å²) >= 11 is 0. The molecule has 6 rings (SSSR count). The molecule has 2 fully saturated rings. The van der Waals surface area contributed by atoms with Gasteiger partial charge in [0.1, 0.15) is 23.0 Å². The van der Waals surface area contributed by atoms with Crippen LogP contribution in [-0.4, -0.2) is 59.2 Å². The van der Waals surface area contributed by atoms with E-state index in [-0.39, 0.29) is 29.0 Å². The van der Waals surface area contributed by atoms with E-state index >= 15 is 0 Å². The second-order valence-corrected chi connectivity index (χ2v) is 10.4. The maximum Gasteiger partial charge on any atom is 0.255 e. The van der Waals surface area contributed by atoms with Gasteiger partial charge in [-0.05, 0) is 60.9 Å². The molecule has 39 heavy (non-hydrogen) atoms. The van der Waals surface area contributed by atoms with Crippen molar-refractivity contribution in [3.8, 4) is 34.4 Å². The Kier molecular flexibility index (Phi) is 6.41. The van der Waals surface area contributed by atoms with Crippen molar-refractivity contribution in [1.82, 2.24) is 14.9 Å². The second kappa shape index (κ2) is 10.0. The minimum Gasteiger partial charge on any atom is -0.506 e. The van der Waals surface area contributed by atoms with Gasteiger partial charge < -0.3 is 24.5 Å². The number of ether oxygens (including phenoxy) is 1. The summed E-state index contributed by atoms with van der Waals surface area (Å²) in [6.45, 7) is 1.44. The minimum absolute atomic E-state index is 0.152. The van der Waals surface area contributed by atoms with E-state index in [4.69, 9.17) is 9.15 Å². The molecule has 0 unspecified atom stereocenters. The quantitative estimate of drug-likeness (QED) is 0.349. The Morgan fingerprint density at radius 3 is 2.59 bits per heavy atom. The number of amides is 1. The number of anilines is 1. The number of aromatic nitrogens is 2. The molecule has 1 aliphatic carbocycles. The lowest BCUT2D eigenvalue weighted by Crippen LogP contribution is -2.28. The van der Waals surface area contributed by atoms with Gasteiger partial charge in [0.15, 0.2) is 11.3 Å². The fourth-order valence-electron chi connectivity index (χ4n) is 5.11. The first kappa shape index (κ1) is 24.9. The first-order valence-corrected chi connectivity index (χ1v) is 13.1. The predicted molar refractivity (Wildman–Crippen MR) is 147 cm³/mol. The Morgan fingerprint density at radius 1 is 1.10 bits per heavy atom. The monoisotopic (exact) mass is 523 g/mol. The van der Waals surface area contributed by atoms with Crippen LogP contribution in [0.25, 0.3) is 33.7 Å². The van der Waals surface area contributed by atoms with Crippen molar-refractivity contribution in [1.29, 1.82) is 5.26 Å². The third-order valence-electron chi connectivity index (χ3n) is 7.35. The Bertz CT molecular complexity index is 1610. The molecule has 1 amide bonds. The number of aromatic hydroxyl groups is 1. The first-order chi connectivity index (χ1) is 18.9. The zero-order chi connectivity index (χ0) is 27.1. The number of rotatable bonds is 6. The zero-order valence-corrected chi connectivity index (χ0v) is 21.9. The fourth-order valence-corrected chi connectivity index (χ4v) is 5.11. The van der Waals surface area contributed by atoms with Crippen molar-refractivity contribution < 1.29 is 19.1 Å². The Labute approximate surface area is 226 Å². The molecule has 1 aromatic carbocycles. The molecule has 0 bridgehead atoms. The van der Waals surface area contributed by atoms with Crippen LogP contribution < -0.4 is 5.32 Å². The maximum absolute atomic E-state index is 12.3. The molecule has 9 nitrogen and oxygen atoms in total. The highest BCUT2D eigenvalue weighted by Crippen LogP contribution is 2.47. The van der Waals surface area contributed by atoms with E-state index in [0.717, 1.165) is 61.3 Å². The van der Waals surface area contributed by atoms with Crippen LogP contribution in [0.15, 0.2) is 47.1 Å². The van der Waals surface area contributed by atoms with Gasteiger partial charge in [0.25, 0.3) is 5.91 Å². The summed E-state index contributed by atoms with van der Waals surface area (Å²) in [5.74, 6) is 0.335. The average molecular weight is 524 g/mol. The van der Waals surface area contributed by atoms with E-state index < -0.39 is 0 Å². The maximum atomic E-state index is 12.3. The van der Waals surface area contributed by atoms with Crippen molar-refractivity contribution in [2.24, 2.45) is 0 Å². The standard InChI is InChI=1S/C30H29N5O4/c1-35(2)30(37)20-12-25(36)28(33-15-20)26-13-24-29(39-26)27(22(16-32-24)17-3-4-17)18-5-6-23(19(11-18)14-31)34-21-7-9-38-10-8-21/h5-6,11-13,15-17,21,34,36H,3-4,7-10H2,1-2H3. The van der Waals surface area contributed by atoms with Crippen LogP contribution in [0.3, 0.4) is 0 Å². The lowest BCUT2D eigenvalue weighted by molar-refractivity contribution is 0.0826. The van der Waals surface area contributed by atoms with Gasteiger partial charge in [-0.2, -0.15) is 5.26 Å². The summed E-state index contributed by atoms with van der Waals surface area (Å²) in [5, 5.41) is 24.2. The summed E-state index contributed by atoms with van der Waals surface area (Å²) in [6.07, 6.45) is 7.28. The number of carbonyl (C=O) groups excluding carboxylic acids is 1. The van der Waals surface area contributed by atoms with Gasteiger partial charge in [-0.15, -0.1) is 0 Å². The topological polar surface area (TPSA) is 125 Å². The number of benzene rings is 1. The molecule has 1 saturated heterocycles. The van der Waals surface area contributed by atoms with E-state index in [1.165, 1.54) is 17.2 Å². The third-order valence-corrected chi connectivity index (χ3v) is 7.35. The van der Waals surface area contributed by atoms with Crippen LogP contribution in [0.5, 0.6) is 5.75 Å². The number of fused-ring (bicyclic) bond motifs is 1. The lowest BCUT2D eigenvalue weighted by Gasteiger charge is -2.24. The molecule has 0 atom stereocenters. The highest BCUT2D eigenvalue weighted by atomic mass is 16.5. The largest absolute Gasteiger partial charge is 0.506 e. The van der Waals surface area contributed by atoms with Crippen LogP contribution in [0.2, 0.25) is 0 Å². The van der Waals surface area contributed by atoms with Crippen LogP contribution in [0.1, 0.15) is 53.1 Å². The highest BCUT2D eigenvalue weighted by Gasteiger charge is 2.30. The van der Waals surface area contributed by atoms with Crippen LogP contribution in [-0.2, 0) is 4.74 Å². The summed E-state index contributed by atoms with van der Waals surface area (Å²) in [7, 11) is 3.28. The van der Waals surface area contributed by atoms with E-state index in [2.05, 4.69) is 21.4 Å². The van der Waals surface area contributed by atoms with E-state index in [0.29, 0.717) is 28.3 Å². The van der Waals surface area contributed by atoms with Crippen molar-refractivity contribution in [3.05, 3.63) is 59.4 Å². The van der Waals surface area contributed by atoms with Crippen molar-refractivity contribution >= 4 is 22.7 Å². The van der Waals surface area contributed by atoms with Gasteiger partial charge in [0.2, 0.25) is 0 Å². The van der Waals surface area contributed by atoms with Gasteiger partial charge in [-0.3, -0.25) is 9.78 Å². The molecular weight excluding hydrogens is 494 g/mol. The Balaban J connectivity index is 1.42. The highest BCUT2D eigenvalue weighted by molar-refractivity contribution is 5.96. The van der Waals surface area contributed by atoms with Crippen LogP contribution in [0.4, 0.5) is 5.69 Å². The molecule has 4 aromatic rings. The molecule has 1 aliphatic heterocycles. The zero-order valence-electron chi connectivity index (χ0n) is 21.9. The first-order valence-electron chi connectivity index (χ1n) is 13.1.